The number of piperazine rings is 1. The maximum absolute atomic E-state index is 11.9. The van der Waals surface area contributed by atoms with Crippen molar-refractivity contribution in [2.45, 2.75) is 25.8 Å². The van der Waals surface area contributed by atoms with Gasteiger partial charge in [0.15, 0.2) is 0 Å². The van der Waals surface area contributed by atoms with E-state index in [1.165, 1.54) is 12.8 Å². The predicted octanol–water partition coefficient (Wildman–Crippen LogP) is 0.149. The van der Waals surface area contributed by atoms with E-state index >= 15 is 0 Å². The lowest BCUT2D eigenvalue weighted by molar-refractivity contribution is -0.132. The Bertz CT molecular complexity index is 243. The van der Waals surface area contributed by atoms with Crippen LogP contribution in [0.5, 0.6) is 0 Å². The summed E-state index contributed by atoms with van der Waals surface area (Å²) >= 11 is 0. The lowest BCUT2D eigenvalue weighted by atomic mass is 9.82. The Morgan fingerprint density at radius 2 is 1.88 bits per heavy atom. The van der Waals surface area contributed by atoms with Crippen LogP contribution >= 0.6 is 0 Å². The van der Waals surface area contributed by atoms with Gasteiger partial charge >= 0.3 is 0 Å². The van der Waals surface area contributed by atoms with Crippen LogP contribution in [0.2, 0.25) is 0 Å². The highest BCUT2D eigenvalue weighted by Crippen LogP contribution is 2.25. The lowest BCUT2D eigenvalue weighted by Crippen LogP contribution is -2.51. The minimum absolute atomic E-state index is 0.271. The van der Waals surface area contributed by atoms with Gasteiger partial charge in [-0.3, -0.25) is 4.79 Å². The van der Waals surface area contributed by atoms with Crippen molar-refractivity contribution in [3.8, 4) is 0 Å². The van der Waals surface area contributed by atoms with Crippen molar-refractivity contribution in [2.75, 3.05) is 39.8 Å². The molecule has 4 heteroatoms. The number of hydrogen-bond acceptors (Lipinski definition) is 3. The summed E-state index contributed by atoms with van der Waals surface area (Å²) in [6.07, 6.45) is 2.46. The van der Waals surface area contributed by atoms with E-state index in [1.807, 2.05) is 4.90 Å². The molecule has 2 fully saturated rings. The predicted molar refractivity (Wildman–Crippen MR) is 64.3 cm³/mol. The van der Waals surface area contributed by atoms with Crippen molar-refractivity contribution in [1.29, 1.82) is 0 Å². The first-order chi connectivity index (χ1) is 7.65. The van der Waals surface area contributed by atoms with Crippen molar-refractivity contribution >= 4 is 5.91 Å². The number of rotatable bonds is 3. The van der Waals surface area contributed by atoms with Crippen LogP contribution in [0, 0.1) is 5.92 Å². The summed E-state index contributed by atoms with van der Waals surface area (Å²) in [4.78, 5) is 16.1. The molecule has 1 aliphatic heterocycles. The molecule has 2 aliphatic rings. The summed E-state index contributed by atoms with van der Waals surface area (Å²) in [6, 6.07) is 0.589. The smallest absolute Gasteiger partial charge is 0.236 e. The Hall–Kier alpha value is -0.610. The number of amides is 1. The van der Waals surface area contributed by atoms with Gasteiger partial charge in [-0.15, -0.1) is 0 Å². The Morgan fingerprint density at radius 3 is 2.44 bits per heavy atom. The van der Waals surface area contributed by atoms with Gasteiger partial charge in [0, 0.05) is 32.2 Å². The molecule has 1 amide bonds. The highest BCUT2D eigenvalue weighted by atomic mass is 16.2. The molecule has 0 atom stereocenters. The summed E-state index contributed by atoms with van der Waals surface area (Å²) in [5, 5.41) is 3.35. The second-order valence-electron chi connectivity index (χ2n) is 5.34. The van der Waals surface area contributed by atoms with Crippen LogP contribution in [-0.2, 0) is 4.79 Å². The molecule has 1 saturated carbocycles. The van der Waals surface area contributed by atoms with Crippen LogP contribution in [-0.4, -0.2) is 61.5 Å². The molecular weight excluding hydrogens is 202 g/mol. The highest BCUT2D eigenvalue weighted by molar-refractivity contribution is 5.78. The molecular formula is C12H23N3O. The Morgan fingerprint density at radius 1 is 1.25 bits per heavy atom. The molecule has 0 unspecified atom stereocenters. The van der Waals surface area contributed by atoms with E-state index in [9.17, 15) is 4.79 Å². The SMILES string of the molecule is CC1CC(NCC(=O)N2CCN(C)CC2)C1. The molecule has 1 aliphatic carbocycles. The van der Waals surface area contributed by atoms with Gasteiger partial charge < -0.3 is 15.1 Å². The molecule has 1 saturated heterocycles. The van der Waals surface area contributed by atoms with Crippen LogP contribution in [0.4, 0.5) is 0 Å². The average molecular weight is 225 g/mol. The van der Waals surface area contributed by atoms with Gasteiger partial charge in [-0.25, -0.2) is 0 Å². The monoisotopic (exact) mass is 225 g/mol. The topological polar surface area (TPSA) is 35.6 Å². The number of carbonyl (C=O) groups is 1. The third kappa shape index (κ3) is 2.95. The van der Waals surface area contributed by atoms with Gasteiger partial charge in [-0.2, -0.15) is 0 Å². The maximum Gasteiger partial charge on any atom is 0.236 e. The molecule has 0 aromatic rings. The third-order valence-corrected chi connectivity index (χ3v) is 3.77. The fourth-order valence-corrected chi connectivity index (χ4v) is 2.47. The molecule has 0 aromatic heterocycles. The van der Waals surface area contributed by atoms with Gasteiger partial charge in [0.05, 0.1) is 6.54 Å². The van der Waals surface area contributed by atoms with Crippen molar-refractivity contribution in [3.63, 3.8) is 0 Å². The van der Waals surface area contributed by atoms with E-state index in [0.29, 0.717) is 12.6 Å². The average Bonchev–Trinajstić information content (AvgIpc) is 2.23. The van der Waals surface area contributed by atoms with Crippen molar-refractivity contribution < 1.29 is 4.79 Å². The standard InChI is InChI=1S/C12H23N3O/c1-10-7-11(8-10)13-9-12(16)15-5-3-14(2)4-6-15/h10-11,13H,3-9H2,1-2H3. The van der Waals surface area contributed by atoms with Gasteiger partial charge in [0.25, 0.3) is 0 Å². The zero-order valence-electron chi connectivity index (χ0n) is 10.4. The number of likely N-dealkylation sites (N-methyl/N-ethyl adjacent to an activating group) is 1. The van der Waals surface area contributed by atoms with Crippen LogP contribution < -0.4 is 5.32 Å². The van der Waals surface area contributed by atoms with E-state index < -0.39 is 0 Å². The third-order valence-electron chi connectivity index (χ3n) is 3.77. The molecule has 2 rings (SSSR count). The van der Waals surface area contributed by atoms with E-state index in [1.54, 1.807) is 0 Å². The first-order valence-electron chi connectivity index (χ1n) is 6.35. The number of nitrogens with zero attached hydrogens (tertiary/aromatic N) is 2. The fraction of sp³-hybridized carbons (Fsp3) is 0.917. The molecule has 4 nitrogen and oxygen atoms in total. The van der Waals surface area contributed by atoms with E-state index in [0.717, 1.165) is 32.1 Å². The molecule has 1 heterocycles. The minimum Gasteiger partial charge on any atom is -0.339 e. The van der Waals surface area contributed by atoms with Gasteiger partial charge in [0.2, 0.25) is 5.91 Å². The molecule has 0 spiro atoms. The van der Waals surface area contributed by atoms with E-state index in [4.69, 9.17) is 0 Å². The minimum atomic E-state index is 0.271. The molecule has 1 N–H and O–H groups in total. The molecule has 16 heavy (non-hydrogen) atoms. The van der Waals surface area contributed by atoms with Crippen LogP contribution in [0.3, 0.4) is 0 Å². The van der Waals surface area contributed by atoms with E-state index in [-0.39, 0.29) is 5.91 Å². The number of nitrogens with one attached hydrogen (secondary N) is 1. The maximum atomic E-state index is 11.9. The highest BCUT2D eigenvalue weighted by Gasteiger charge is 2.26. The first-order valence-corrected chi connectivity index (χ1v) is 6.35. The van der Waals surface area contributed by atoms with E-state index in [2.05, 4.69) is 24.2 Å². The van der Waals surface area contributed by atoms with Crippen LogP contribution in [0.1, 0.15) is 19.8 Å². The van der Waals surface area contributed by atoms with Gasteiger partial charge in [0.1, 0.15) is 0 Å². The molecule has 0 aromatic carbocycles. The Labute approximate surface area is 98.0 Å². The Balaban J connectivity index is 1.64. The van der Waals surface area contributed by atoms with Crippen molar-refractivity contribution in [3.05, 3.63) is 0 Å². The second kappa shape index (κ2) is 5.15. The lowest BCUT2D eigenvalue weighted by Gasteiger charge is -2.35. The quantitative estimate of drug-likeness (QED) is 0.742. The fourth-order valence-electron chi connectivity index (χ4n) is 2.47. The van der Waals surface area contributed by atoms with Crippen molar-refractivity contribution in [2.24, 2.45) is 5.92 Å². The van der Waals surface area contributed by atoms with Gasteiger partial charge in [-0.05, 0) is 25.8 Å². The van der Waals surface area contributed by atoms with Crippen LogP contribution in [0.15, 0.2) is 0 Å². The van der Waals surface area contributed by atoms with Gasteiger partial charge in [-0.1, -0.05) is 6.92 Å². The summed E-state index contributed by atoms with van der Waals surface area (Å²) in [5.74, 6) is 1.11. The summed E-state index contributed by atoms with van der Waals surface area (Å²) in [5.41, 5.74) is 0. The zero-order chi connectivity index (χ0) is 11.5. The molecule has 0 bridgehead atoms. The normalized spacial score (nSPS) is 31.2. The first kappa shape index (κ1) is 11.9. The summed E-state index contributed by atoms with van der Waals surface area (Å²) < 4.78 is 0. The Kier molecular flexibility index (Phi) is 3.82. The largest absolute Gasteiger partial charge is 0.339 e. The van der Waals surface area contributed by atoms with Crippen LogP contribution in [0.25, 0.3) is 0 Å². The molecule has 92 valence electrons. The number of carbonyl (C=O) groups excluding carboxylic acids is 1. The second-order valence-corrected chi connectivity index (χ2v) is 5.34. The zero-order valence-corrected chi connectivity index (χ0v) is 10.4. The molecule has 0 radical (unpaired) electrons. The number of hydrogen-bond donors (Lipinski definition) is 1. The summed E-state index contributed by atoms with van der Waals surface area (Å²) in [6.45, 7) is 6.58. The summed E-state index contributed by atoms with van der Waals surface area (Å²) in [7, 11) is 2.11. The van der Waals surface area contributed by atoms with Crippen molar-refractivity contribution in [1.82, 2.24) is 15.1 Å².